The zero-order chi connectivity index (χ0) is 19.4. The van der Waals surface area contributed by atoms with Gasteiger partial charge in [0, 0.05) is 56.8 Å². The molecule has 146 valence electrons. The van der Waals surface area contributed by atoms with E-state index in [1.807, 2.05) is 24.2 Å². The summed E-state index contributed by atoms with van der Waals surface area (Å²) < 4.78 is 3.54. The minimum Gasteiger partial charge on any atom is -0.369 e. The number of aryl methyl sites for hydroxylation is 3. The maximum atomic E-state index is 12.5. The molecule has 1 saturated heterocycles. The normalized spacial score (nSPS) is 15.3. The number of hydrogen-bond acceptors (Lipinski definition) is 5. The van der Waals surface area contributed by atoms with Gasteiger partial charge in [0.1, 0.15) is 5.82 Å². The standard InChI is InChI=1S/C19H28N6O2/c1-14-13-18(27)25(19(20)22-14)11-6-17(26)24-9-4-16(5-10-24)3-8-23-12-7-21-15(23)2/h7,12-13,16H,3-6,8-11H2,1-2H3,(H2,20,22). The third-order valence-corrected chi connectivity index (χ3v) is 5.38. The summed E-state index contributed by atoms with van der Waals surface area (Å²) in [5.74, 6) is 1.92. The van der Waals surface area contributed by atoms with Crippen LogP contribution in [-0.4, -0.2) is 43.0 Å². The van der Waals surface area contributed by atoms with E-state index in [9.17, 15) is 9.59 Å². The summed E-state index contributed by atoms with van der Waals surface area (Å²) in [4.78, 5) is 34.7. The molecule has 0 unspecified atom stereocenters. The van der Waals surface area contributed by atoms with Crippen molar-refractivity contribution in [2.24, 2.45) is 5.92 Å². The maximum Gasteiger partial charge on any atom is 0.255 e. The Bertz CT molecular complexity index is 848. The highest BCUT2D eigenvalue weighted by molar-refractivity contribution is 5.76. The highest BCUT2D eigenvalue weighted by Crippen LogP contribution is 2.22. The summed E-state index contributed by atoms with van der Waals surface area (Å²) in [5, 5.41) is 0. The molecule has 1 aliphatic heterocycles. The fraction of sp³-hybridized carbons (Fsp3) is 0.579. The van der Waals surface area contributed by atoms with Gasteiger partial charge in [0.25, 0.3) is 5.56 Å². The smallest absolute Gasteiger partial charge is 0.255 e. The van der Waals surface area contributed by atoms with Gasteiger partial charge in [-0.25, -0.2) is 9.97 Å². The third kappa shape index (κ3) is 4.75. The number of aromatic nitrogens is 4. The first kappa shape index (κ1) is 19.1. The second-order valence-corrected chi connectivity index (χ2v) is 7.28. The predicted octanol–water partition coefficient (Wildman–Crippen LogP) is 1.36. The maximum absolute atomic E-state index is 12.5. The number of imidazole rings is 1. The molecule has 2 aromatic rings. The molecule has 1 fully saturated rings. The first-order valence-electron chi connectivity index (χ1n) is 9.53. The number of rotatable bonds is 6. The monoisotopic (exact) mass is 372 g/mol. The second-order valence-electron chi connectivity index (χ2n) is 7.28. The zero-order valence-corrected chi connectivity index (χ0v) is 16.1. The number of carbonyl (C=O) groups is 1. The van der Waals surface area contributed by atoms with E-state index in [2.05, 4.69) is 14.5 Å². The summed E-state index contributed by atoms with van der Waals surface area (Å²) in [6.45, 7) is 6.56. The van der Waals surface area contributed by atoms with Crippen LogP contribution in [0.5, 0.6) is 0 Å². The van der Waals surface area contributed by atoms with Gasteiger partial charge >= 0.3 is 0 Å². The molecule has 3 rings (SSSR count). The summed E-state index contributed by atoms with van der Waals surface area (Å²) in [6, 6.07) is 1.44. The van der Waals surface area contributed by atoms with Crippen LogP contribution in [0, 0.1) is 19.8 Å². The van der Waals surface area contributed by atoms with Crippen molar-refractivity contribution in [3.63, 3.8) is 0 Å². The van der Waals surface area contributed by atoms with Gasteiger partial charge in [0.05, 0.1) is 0 Å². The van der Waals surface area contributed by atoms with E-state index in [1.165, 1.54) is 10.6 Å². The van der Waals surface area contributed by atoms with Crippen molar-refractivity contribution < 1.29 is 4.79 Å². The van der Waals surface area contributed by atoms with Crippen molar-refractivity contribution in [2.45, 2.75) is 52.6 Å². The summed E-state index contributed by atoms with van der Waals surface area (Å²) in [7, 11) is 0. The van der Waals surface area contributed by atoms with E-state index in [4.69, 9.17) is 5.73 Å². The van der Waals surface area contributed by atoms with Crippen LogP contribution in [0.4, 0.5) is 5.95 Å². The van der Waals surface area contributed by atoms with Gasteiger partial charge in [-0.1, -0.05) is 0 Å². The van der Waals surface area contributed by atoms with Crippen LogP contribution in [0.1, 0.15) is 37.2 Å². The van der Waals surface area contributed by atoms with Crippen molar-refractivity contribution in [2.75, 3.05) is 18.8 Å². The molecule has 8 nitrogen and oxygen atoms in total. The summed E-state index contributed by atoms with van der Waals surface area (Å²) in [6.07, 6.45) is 7.27. The first-order chi connectivity index (χ1) is 12.9. The van der Waals surface area contributed by atoms with Gasteiger partial charge < -0.3 is 15.2 Å². The Morgan fingerprint density at radius 3 is 2.63 bits per heavy atom. The molecule has 0 aromatic carbocycles. The van der Waals surface area contributed by atoms with Crippen LogP contribution in [0.15, 0.2) is 23.3 Å². The highest BCUT2D eigenvalue weighted by atomic mass is 16.2. The predicted molar refractivity (Wildman–Crippen MR) is 103 cm³/mol. The summed E-state index contributed by atoms with van der Waals surface area (Å²) in [5.41, 5.74) is 6.19. The molecule has 1 amide bonds. The molecular weight excluding hydrogens is 344 g/mol. The third-order valence-electron chi connectivity index (χ3n) is 5.38. The van der Waals surface area contributed by atoms with Gasteiger partial charge in [-0.3, -0.25) is 14.2 Å². The molecule has 1 aliphatic rings. The fourth-order valence-corrected chi connectivity index (χ4v) is 3.67. The summed E-state index contributed by atoms with van der Waals surface area (Å²) >= 11 is 0. The van der Waals surface area contributed by atoms with Crippen LogP contribution in [-0.2, 0) is 17.9 Å². The van der Waals surface area contributed by atoms with Crippen LogP contribution < -0.4 is 11.3 Å². The lowest BCUT2D eigenvalue weighted by molar-refractivity contribution is -0.132. The molecule has 0 aliphatic carbocycles. The van der Waals surface area contributed by atoms with E-state index in [0.29, 0.717) is 11.6 Å². The van der Waals surface area contributed by atoms with Crippen molar-refractivity contribution >= 4 is 11.9 Å². The van der Waals surface area contributed by atoms with Gasteiger partial charge in [-0.05, 0) is 39.0 Å². The minimum absolute atomic E-state index is 0.0748. The van der Waals surface area contributed by atoms with Gasteiger partial charge in [0.2, 0.25) is 11.9 Å². The average molecular weight is 372 g/mol. The highest BCUT2D eigenvalue weighted by Gasteiger charge is 2.22. The number of nitrogen functional groups attached to an aromatic ring is 1. The molecular formula is C19H28N6O2. The Labute approximate surface area is 159 Å². The SMILES string of the molecule is Cc1cc(=O)n(CCC(=O)N2CCC(CCn3ccnc3C)CC2)c(N)n1. The molecule has 0 bridgehead atoms. The lowest BCUT2D eigenvalue weighted by atomic mass is 9.93. The van der Waals surface area contributed by atoms with Crippen LogP contribution in [0.25, 0.3) is 0 Å². The van der Waals surface area contributed by atoms with Crippen molar-refractivity contribution in [3.8, 4) is 0 Å². The number of carbonyl (C=O) groups excluding carboxylic acids is 1. The topological polar surface area (TPSA) is 99.0 Å². The zero-order valence-electron chi connectivity index (χ0n) is 16.1. The van der Waals surface area contributed by atoms with Crippen LogP contribution in [0.3, 0.4) is 0 Å². The first-order valence-corrected chi connectivity index (χ1v) is 9.53. The van der Waals surface area contributed by atoms with E-state index in [1.54, 1.807) is 6.92 Å². The van der Waals surface area contributed by atoms with Crippen molar-refractivity contribution in [1.29, 1.82) is 0 Å². The molecule has 8 heteroatoms. The molecule has 0 spiro atoms. The second kappa shape index (κ2) is 8.37. The Hall–Kier alpha value is -2.64. The molecule has 0 atom stereocenters. The van der Waals surface area contributed by atoms with E-state index >= 15 is 0 Å². The Morgan fingerprint density at radius 2 is 2.00 bits per heavy atom. The lowest BCUT2D eigenvalue weighted by Crippen LogP contribution is -2.39. The molecule has 0 radical (unpaired) electrons. The quantitative estimate of drug-likeness (QED) is 0.825. The largest absolute Gasteiger partial charge is 0.369 e. The average Bonchev–Trinajstić information content (AvgIpc) is 3.04. The fourth-order valence-electron chi connectivity index (χ4n) is 3.67. The molecule has 27 heavy (non-hydrogen) atoms. The van der Waals surface area contributed by atoms with Crippen LogP contribution >= 0.6 is 0 Å². The van der Waals surface area contributed by atoms with E-state index < -0.39 is 0 Å². The van der Waals surface area contributed by atoms with Crippen molar-refractivity contribution in [1.82, 2.24) is 24.0 Å². The van der Waals surface area contributed by atoms with Gasteiger partial charge in [-0.2, -0.15) is 0 Å². The lowest BCUT2D eigenvalue weighted by Gasteiger charge is -2.32. The molecule has 3 heterocycles. The van der Waals surface area contributed by atoms with Gasteiger partial charge in [-0.15, -0.1) is 0 Å². The van der Waals surface area contributed by atoms with Crippen LogP contribution in [0.2, 0.25) is 0 Å². The number of piperidine rings is 1. The van der Waals surface area contributed by atoms with E-state index in [0.717, 1.165) is 44.7 Å². The van der Waals surface area contributed by atoms with E-state index in [-0.39, 0.29) is 30.4 Å². The van der Waals surface area contributed by atoms with Gasteiger partial charge in [0.15, 0.2) is 0 Å². The molecule has 0 saturated carbocycles. The number of likely N-dealkylation sites (tertiary alicyclic amines) is 1. The number of anilines is 1. The number of amides is 1. The number of nitrogens with zero attached hydrogens (tertiary/aromatic N) is 5. The Balaban J connectivity index is 1.45. The Morgan fingerprint density at radius 1 is 1.26 bits per heavy atom. The number of hydrogen-bond donors (Lipinski definition) is 1. The Kier molecular flexibility index (Phi) is 5.93. The molecule has 2 N–H and O–H groups in total. The minimum atomic E-state index is -0.207. The molecule has 2 aromatic heterocycles. The number of nitrogens with two attached hydrogens (primary N) is 1. The van der Waals surface area contributed by atoms with Crippen molar-refractivity contribution in [3.05, 3.63) is 40.3 Å².